The molecule has 0 aliphatic carbocycles. The van der Waals surface area contributed by atoms with Crippen molar-refractivity contribution in [2.75, 3.05) is 0 Å². The molecule has 2 nitrogen and oxygen atoms in total. The van der Waals surface area contributed by atoms with Crippen LogP contribution in [0.15, 0.2) is 142 Å². The van der Waals surface area contributed by atoms with Gasteiger partial charge in [0.05, 0.1) is 0 Å². The van der Waals surface area contributed by atoms with E-state index in [0.29, 0.717) is 0 Å². The number of furan rings is 2. The van der Waals surface area contributed by atoms with Crippen molar-refractivity contribution in [3.8, 4) is 22.3 Å². The molecule has 0 bridgehead atoms. The maximum absolute atomic E-state index is 6.55. The Kier molecular flexibility index (Phi) is 4.21. The van der Waals surface area contributed by atoms with Crippen molar-refractivity contribution in [1.29, 1.82) is 0 Å². The summed E-state index contributed by atoms with van der Waals surface area (Å²) >= 11 is 0. The molecule has 2 heterocycles. The van der Waals surface area contributed by atoms with E-state index in [1.807, 2.05) is 12.1 Å². The first-order valence-corrected chi connectivity index (χ1v) is 14.4. The Hall–Kier alpha value is -5.60. The van der Waals surface area contributed by atoms with Gasteiger partial charge in [0.25, 0.3) is 0 Å². The van der Waals surface area contributed by atoms with Crippen LogP contribution in [0.3, 0.4) is 0 Å². The Morgan fingerprint density at radius 2 is 0.905 bits per heavy atom. The molecule has 10 rings (SSSR count). The number of hydrogen-bond acceptors (Lipinski definition) is 2. The summed E-state index contributed by atoms with van der Waals surface area (Å²) < 4.78 is 12.9. The second-order valence-corrected chi connectivity index (χ2v) is 11.2. The minimum absolute atomic E-state index is 0.802. The van der Waals surface area contributed by atoms with Gasteiger partial charge in [0.1, 0.15) is 11.2 Å². The largest absolute Gasteiger partial charge is 0.452 e. The van der Waals surface area contributed by atoms with Gasteiger partial charge in [-0.2, -0.15) is 0 Å². The first-order valence-electron chi connectivity index (χ1n) is 14.4. The van der Waals surface area contributed by atoms with Gasteiger partial charge in [0.15, 0.2) is 11.2 Å². The topological polar surface area (TPSA) is 26.3 Å². The standard InChI is InChI=1S/C40H22O2/c1-2-7-23(8-3-1)26-17-13-24-16-20-31-27(18-14-25-15-19-30(26)36(24)37(25)31)29-10-6-12-35-38(29)33-22-21-32-28-9-4-5-11-34(28)41-39(32)40(33)42-35/h1-22H. The molecule has 0 saturated carbocycles. The van der Waals surface area contributed by atoms with Crippen molar-refractivity contribution in [1.82, 2.24) is 0 Å². The average Bonchev–Trinajstić information content (AvgIpc) is 3.63. The second kappa shape index (κ2) is 7.99. The molecule has 0 aliphatic heterocycles. The summed E-state index contributed by atoms with van der Waals surface area (Å²) in [7, 11) is 0. The molecule has 0 aliphatic rings. The van der Waals surface area contributed by atoms with Crippen LogP contribution in [0, 0.1) is 0 Å². The second-order valence-electron chi connectivity index (χ2n) is 11.2. The predicted octanol–water partition coefficient (Wildman–Crippen LogP) is 11.7. The average molecular weight is 535 g/mol. The lowest BCUT2D eigenvalue weighted by Crippen LogP contribution is -1.89. The normalized spacial score (nSPS) is 12.3. The number of rotatable bonds is 2. The zero-order valence-electron chi connectivity index (χ0n) is 22.5. The van der Waals surface area contributed by atoms with E-state index in [4.69, 9.17) is 8.83 Å². The molecule has 2 heteroatoms. The van der Waals surface area contributed by atoms with Crippen LogP contribution in [0.4, 0.5) is 0 Å². The van der Waals surface area contributed by atoms with Crippen LogP contribution in [-0.2, 0) is 0 Å². The minimum Gasteiger partial charge on any atom is -0.452 e. The van der Waals surface area contributed by atoms with Crippen LogP contribution in [0.1, 0.15) is 0 Å². The van der Waals surface area contributed by atoms with Crippen LogP contribution >= 0.6 is 0 Å². The van der Waals surface area contributed by atoms with Crippen molar-refractivity contribution in [2.24, 2.45) is 0 Å². The fourth-order valence-corrected chi connectivity index (χ4v) is 7.20. The van der Waals surface area contributed by atoms with E-state index >= 15 is 0 Å². The molecule has 10 aromatic rings. The summed E-state index contributed by atoms with van der Waals surface area (Å²) in [6.07, 6.45) is 0. The number of benzene rings is 8. The van der Waals surface area contributed by atoms with Gasteiger partial charge < -0.3 is 8.83 Å². The SMILES string of the molecule is c1ccc(-c2ccc3ccc4c(-c5cccc6oc7c(ccc8c9ccccc9oc87)c56)ccc5ccc2c3c54)cc1. The molecule has 0 amide bonds. The van der Waals surface area contributed by atoms with Gasteiger partial charge >= 0.3 is 0 Å². The van der Waals surface area contributed by atoms with Gasteiger partial charge in [-0.3, -0.25) is 0 Å². The molecule has 8 aromatic carbocycles. The first kappa shape index (κ1) is 22.1. The van der Waals surface area contributed by atoms with Crippen molar-refractivity contribution < 1.29 is 8.83 Å². The smallest absolute Gasteiger partial charge is 0.178 e. The lowest BCUT2D eigenvalue weighted by atomic mass is 9.86. The van der Waals surface area contributed by atoms with E-state index < -0.39 is 0 Å². The maximum Gasteiger partial charge on any atom is 0.178 e. The van der Waals surface area contributed by atoms with E-state index in [0.717, 1.165) is 43.9 Å². The summed E-state index contributed by atoms with van der Waals surface area (Å²) in [4.78, 5) is 0. The van der Waals surface area contributed by atoms with Crippen molar-refractivity contribution in [2.45, 2.75) is 0 Å². The number of para-hydroxylation sites is 1. The third-order valence-electron chi connectivity index (χ3n) is 9.05. The molecule has 0 atom stereocenters. The van der Waals surface area contributed by atoms with Gasteiger partial charge in [-0.25, -0.2) is 0 Å². The lowest BCUT2D eigenvalue weighted by molar-refractivity contribution is 0.633. The summed E-state index contributed by atoms with van der Waals surface area (Å²) in [5, 5.41) is 12.1. The van der Waals surface area contributed by atoms with Crippen LogP contribution < -0.4 is 0 Å². The highest BCUT2D eigenvalue weighted by Crippen LogP contribution is 2.46. The van der Waals surface area contributed by atoms with Gasteiger partial charge in [0, 0.05) is 21.5 Å². The van der Waals surface area contributed by atoms with E-state index in [2.05, 4.69) is 121 Å². The molecular weight excluding hydrogens is 512 g/mol. The molecule has 2 aromatic heterocycles. The molecule has 0 unspecified atom stereocenters. The quantitative estimate of drug-likeness (QED) is 0.206. The summed E-state index contributed by atoms with van der Waals surface area (Å²) in [5.41, 5.74) is 8.23. The zero-order chi connectivity index (χ0) is 27.4. The highest BCUT2D eigenvalue weighted by atomic mass is 16.4. The minimum atomic E-state index is 0.802. The molecule has 0 fully saturated rings. The molecule has 194 valence electrons. The maximum atomic E-state index is 6.55. The number of hydrogen-bond donors (Lipinski definition) is 0. The Morgan fingerprint density at radius 1 is 0.310 bits per heavy atom. The molecular formula is C40H22O2. The third kappa shape index (κ3) is 2.83. The monoisotopic (exact) mass is 534 g/mol. The molecule has 42 heavy (non-hydrogen) atoms. The van der Waals surface area contributed by atoms with E-state index in [1.165, 1.54) is 54.6 Å². The van der Waals surface area contributed by atoms with E-state index in [9.17, 15) is 0 Å². The molecule has 0 saturated heterocycles. The zero-order valence-corrected chi connectivity index (χ0v) is 22.5. The van der Waals surface area contributed by atoms with Gasteiger partial charge in [-0.1, -0.05) is 109 Å². The van der Waals surface area contributed by atoms with Crippen molar-refractivity contribution in [3.05, 3.63) is 133 Å². The summed E-state index contributed by atoms with van der Waals surface area (Å²) in [5.74, 6) is 0. The van der Waals surface area contributed by atoms with Gasteiger partial charge in [-0.15, -0.1) is 0 Å². The number of fused-ring (bicyclic) bond motifs is 7. The van der Waals surface area contributed by atoms with Gasteiger partial charge in [-0.05, 0) is 78.8 Å². The van der Waals surface area contributed by atoms with Crippen molar-refractivity contribution in [3.63, 3.8) is 0 Å². The highest BCUT2D eigenvalue weighted by Gasteiger charge is 2.20. The van der Waals surface area contributed by atoms with Crippen LogP contribution in [0.2, 0.25) is 0 Å². The van der Waals surface area contributed by atoms with Crippen LogP contribution in [-0.4, -0.2) is 0 Å². The Balaban J connectivity index is 1.29. The Bertz CT molecular complexity index is 2670. The van der Waals surface area contributed by atoms with Crippen LogP contribution in [0.5, 0.6) is 0 Å². The van der Waals surface area contributed by atoms with E-state index in [1.54, 1.807) is 0 Å². The van der Waals surface area contributed by atoms with Crippen molar-refractivity contribution >= 4 is 76.2 Å². The first-order chi connectivity index (χ1) is 20.8. The molecule has 0 N–H and O–H groups in total. The third-order valence-corrected chi connectivity index (χ3v) is 9.05. The lowest BCUT2D eigenvalue weighted by Gasteiger charge is -2.17. The molecule has 0 radical (unpaired) electrons. The fraction of sp³-hybridized carbons (Fsp3) is 0. The fourth-order valence-electron chi connectivity index (χ4n) is 7.20. The predicted molar refractivity (Wildman–Crippen MR) is 176 cm³/mol. The molecule has 0 spiro atoms. The van der Waals surface area contributed by atoms with Crippen LogP contribution in [0.25, 0.3) is 98.4 Å². The van der Waals surface area contributed by atoms with Gasteiger partial charge in [0.2, 0.25) is 0 Å². The summed E-state index contributed by atoms with van der Waals surface area (Å²) in [6, 6.07) is 47.8. The Morgan fingerprint density at radius 3 is 1.74 bits per heavy atom. The summed E-state index contributed by atoms with van der Waals surface area (Å²) in [6.45, 7) is 0. The Labute approximate surface area is 240 Å². The highest BCUT2D eigenvalue weighted by molar-refractivity contribution is 6.29. The van der Waals surface area contributed by atoms with E-state index in [-0.39, 0.29) is 0 Å².